The second kappa shape index (κ2) is 3.19. The molecule has 0 radical (unpaired) electrons. The molecular weight excluding hydrogens is 188 g/mol. The maximum absolute atomic E-state index is 11.0. The second-order valence-corrected chi connectivity index (χ2v) is 4.70. The van der Waals surface area contributed by atoms with Gasteiger partial charge in [0.25, 0.3) is 0 Å². The summed E-state index contributed by atoms with van der Waals surface area (Å²) in [6.07, 6.45) is 2.56. The Labute approximate surface area is 88.5 Å². The Morgan fingerprint density at radius 3 is 2.67 bits per heavy atom. The molecule has 1 aromatic heterocycles. The van der Waals surface area contributed by atoms with Gasteiger partial charge >= 0.3 is 0 Å². The molecule has 15 heavy (non-hydrogen) atoms. The van der Waals surface area contributed by atoms with Crippen LogP contribution in [0.3, 0.4) is 0 Å². The number of aromatic nitrogens is 2. The smallest absolute Gasteiger partial charge is 0.150 e. The number of aromatic amines is 1. The van der Waals surface area contributed by atoms with E-state index in [2.05, 4.69) is 30.7 Å². The van der Waals surface area contributed by atoms with Gasteiger partial charge in [0.15, 0.2) is 0 Å². The molecule has 1 aromatic carbocycles. The summed E-state index contributed by atoms with van der Waals surface area (Å²) in [7, 11) is 0. The quantitative estimate of drug-likeness (QED) is 0.722. The molecule has 1 heterocycles. The van der Waals surface area contributed by atoms with Crippen molar-refractivity contribution in [2.24, 2.45) is 0 Å². The van der Waals surface area contributed by atoms with Gasteiger partial charge in [-0.2, -0.15) is 0 Å². The predicted molar refractivity (Wildman–Crippen MR) is 60.2 cm³/mol. The first-order valence-electron chi connectivity index (χ1n) is 4.96. The van der Waals surface area contributed by atoms with Crippen molar-refractivity contribution >= 4 is 17.3 Å². The fourth-order valence-corrected chi connectivity index (χ4v) is 1.91. The highest BCUT2D eigenvalue weighted by Crippen LogP contribution is 2.30. The zero-order valence-electron chi connectivity index (χ0n) is 9.16. The first-order chi connectivity index (χ1) is 7.04. The van der Waals surface area contributed by atoms with Gasteiger partial charge in [0.2, 0.25) is 0 Å². The van der Waals surface area contributed by atoms with E-state index in [0.29, 0.717) is 0 Å². The summed E-state index contributed by atoms with van der Waals surface area (Å²) in [4.78, 5) is 18.3. The molecule has 0 aliphatic carbocycles. The Hall–Kier alpha value is -1.64. The van der Waals surface area contributed by atoms with E-state index < -0.39 is 0 Å². The lowest BCUT2D eigenvalue weighted by Gasteiger charge is -2.21. The molecule has 2 aromatic rings. The number of nitrogens with zero attached hydrogens (tertiary/aromatic N) is 1. The lowest BCUT2D eigenvalue weighted by molar-refractivity contribution is 0.112. The van der Waals surface area contributed by atoms with Crippen LogP contribution in [-0.2, 0) is 5.41 Å². The number of carbonyl (C=O) groups is 1. The van der Waals surface area contributed by atoms with Crippen molar-refractivity contribution < 1.29 is 4.79 Å². The van der Waals surface area contributed by atoms with Crippen LogP contribution >= 0.6 is 0 Å². The average molecular weight is 202 g/mol. The van der Waals surface area contributed by atoms with Gasteiger partial charge in [0.05, 0.1) is 17.4 Å². The first-order valence-corrected chi connectivity index (χ1v) is 4.96. The SMILES string of the molecule is CC(C)(C)c1c(C=O)ccc2[nH]cnc12. The number of imidazole rings is 1. The van der Waals surface area contributed by atoms with E-state index in [1.807, 2.05) is 12.1 Å². The molecule has 0 spiro atoms. The molecule has 3 heteroatoms. The lowest BCUT2D eigenvalue weighted by Crippen LogP contribution is -2.14. The third kappa shape index (κ3) is 1.54. The van der Waals surface area contributed by atoms with Crippen molar-refractivity contribution in [3.05, 3.63) is 29.6 Å². The predicted octanol–water partition coefficient (Wildman–Crippen LogP) is 2.67. The number of carbonyl (C=O) groups excluding carboxylic acids is 1. The van der Waals surface area contributed by atoms with E-state index >= 15 is 0 Å². The Kier molecular flexibility index (Phi) is 2.11. The van der Waals surface area contributed by atoms with Crippen LogP contribution in [0.1, 0.15) is 36.7 Å². The summed E-state index contributed by atoms with van der Waals surface area (Å²) in [5.41, 5.74) is 3.53. The summed E-state index contributed by atoms with van der Waals surface area (Å²) < 4.78 is 0. The van der Waals surface area contributed by atoms with Crippen molar-refractivity contribution in [1.29, 1.82) is 0 Å². The maximum atomic E-state index is 11.0. The molecule has 0 bridgehead atoms. The van der Waals surface area contributed by atoms with Crippen LogP contribution in [0.2, 0.25) is 0 Å². The highest BCUT2D eigenvalue weighted by molar-refractivity contribution is 5.90. The van der Waals surface area contributed by atoms with Gasteiger partial charge in [-0.1, -0.05) is 20.8 Å². The zero-order valence-corrected chi connectivity index (χ0v) is 9.16. The van der Waals surface area contributed by atoms with Crippen molar-refractivity contribution in [3.63, 3.8) is 0 Å². The van der Waals surface area contributed by atoms with Gasteiger partial charge in [0, 0.05) is 5.56 Å². The number of hydrogen-bond donors (Lipinski definition) is 1. The topological polar surface area (TPSA) is 45.8 Å². The van der Waals surface area contributed by atoms with Crippen LogP contribution in [-0.4, -0.2) is 16.3 Å². The van der Waals surface area contributed by atoms with Crippen molar-refractivity contribution in [1.82, 2.24) is 9.97 Å². The van der Waals surface area contributed by atoms with E-state index in [-0.39, 0.29) is 5.41 Å². The van der Waals surface area contributed by atoms with Gasteiger partial charge in [0.1, 0.15) is 6.29 Å². The van der Waals surface area contributed by atoms with E-state index in [1.54, 1.807) is 6.33 Å². The fraction of sp³-hybridized carbons (Fsp3) is 0.333. The molecule has 0 unspecified atom stereocenters. The highest BCUT2D eigenvalue weighted by atomic mass is 16.1. The Morgan fingerprint density at radius 1 is 1.33 bits per heavy atom. The number of aldehydes is 1. The minimum absolute atomic E-state index is 0.0784. The number of hydrogen-bond acceptors (Lipinski definition) is 2. The molecule has 0 saturated carbocycles. The van der Waals surface area contributed by atoms with Crippen LogP contribution in [0.15, 0.2) is 18.5 Å². The maximum Gasteiger partial charge on any atom is 0.150 e. The van der Waals surface area contributed by atoms with E-state index in [4.69, 9.17) is 0 Å². The molecule has 0 aliphatic rings. The van der Waals surface area contributed by atoms with Crippen molar-refractivity contribution in [3.8, 4) is 0 Å². The van der Waals surface area contributed by atoms with Gasteiger partial charge in [-0.25, -0.2) is 4.98 Å². The minimum Gasteiger partial charge on any atom is -0.345 e. The molecular formula is C12H14N2O. The van der Waals surface area contributed by atoms with Gasteiger partial charge in [-0.3, -0.25) is 4.79 Å². The van der Waals surface area contributed by atoms with E-state index in [9.17, 15) is 4.79 Å². The molecule has 0 saturated heterocycles. The van der Waals surface area contributed by atoms with Crippen LogP contribution in [0.4, 0.5) is 0 Å². The summed E-state index contributed by atoms with van der Waals surface area (Å²) in [5, 5.41) is 0. The standard InChI is InChI=1S/C12H14N2O/c1-12(2,3)10-8(6-15)4-5-9-11(10)14-7-13-9/h4-7H,1-3H3,(H,13,14). The van der Waals surface area contributed by atoms with Crippen LogP contribution in [0.25, 0.3) is 11.0 Å². The number of nitrogens with one attached hydrogen (secondary N) is 1. The number of rotatable bonds is 1. The summed E-state index contributed by atoms with van der Waals surface area (Å²) >= 11 is 0. The molecule has 0 amide bonds. The second-order valence-electron chi connectivity index (χ2n) is 4.70. The van der Waals surface area contributed by atoms with E-state index in [1.165, 1.54) is 0 Å². The fourth-order valence-electron chi connectivity index (χ4n) is 1.91. The third-order valence-electron chi connectivity index (χ3n) is 2.50. The highest BCUT2D eigenvalue weighted by Gasteiger charge is 2.21. The summed E-state index contributed by atoms with van der Waals surface area (Å²) in [6, 6.07) is 3.73. The van der Waals surface area contributed by atoms with Crippen LogP contribution in [0, 0.1) is 0 Å². The third-order valence-corrected chi connectivity index (χ3v) is 2.50. The molecule has 3 nitrogen and oxygen atoms in total. The monoisotopic (exact) mass is 202 g/mol. The van der Waals surface area contributed by atoms with E-state index in [0.717, 1.165) is 28.4 Å². The largest absolute Gasteiger partial charge is 0.345 e. The lowest BCUT2D eigenvalue weighted by atomic mass is 9.83. The summed E-state index contributed by atoms with van der Waals surface area (Å²) in [5.74, 6) is 0. The van der Waals surface area contributed by atoms with Crippen LogP contribution < -0.4 is 0 Å². The average Bonchev–Trinajstić information content (AvgIpc) is 2.61. The van der Waals surface area contributed by atoms with Crippen LogP contribution in [0.5, 0.6) is 0 Å². The molecule has 1 N–H and O–H groups in total. The Bertz CT molecular complexity index is 506. The molecule has 78 valence electrons. The van der Waals surface area contributed by atoms with Crippen molar-refractivity contribution in [2.45, 2.75) is 26.2 Å². The Balaban J connectivity index is 2.86. The molecule has 0 aliphatic heterocycles. The number of fused-ring (bicyclic) bond motifs is 1. The first kappa shape index (κ1) is 9.90. The van der Waals surface area contributed by atoms with Gasteiger partial charge < -0.3 is 4.98 Å². The van der Waals surface area contributed by atoms with Gasteiger partial charge in [-0.05, 0) is 23.1 Å². The minimum atomic E-state index is -0.0784. The normalized spacial score (nSPS) is 11.9. The van der Waals surface area contributed by atoms with Gasteiger partial charge in [-0.15, -0.1) is 0 Å². The number of H-pyrrole nitrogens is 1. The Morgan fingerprint density at radius 2 is 2.07 bits per heavy atom. The molecule has 0 atom stereocenters. The number of benzene rings is 1. The molecule has 2 rings (SSSR count). The van der Waals surface area contributed by atoms with Crippen molar-refractivity contribution in [2.75, 3.05) is 0 Å². The summed E-state index contributed by atoms with van der Waals surface area (Å²) in [6.45, 7) is 6.26. The molecule has 0 fully saturated rings. The zero-order chi connectivity index (χ0) is 11.1.